The minimum Gasteiger partial charge on any atom is -0.456 e. The molecule has 2 aromatic heterocycles. The van der Waals surface area contributed by atoms with Crippen LogP contribution in [0.3, 0.4) is 0 Å². The lowest BCUT2D eigenvalue weighted by atomic mass is 9.84. The molecule has 0 radical (unpaired) electrons. The van der Waals surface area contributed by atoms with Crippen LogP contribution in [0, 0.1) is 0 Å². The van der Waals surface area contributed by atoms with Crippen molar-refractivity contribution >= 4 is 116 Å². The molecule has 0 aliphatic carbocycles. The zero-order valence-electron chi connectivity index (χ0n) is 55.9. The lowest BCUT2D eigenvalue weighted by Gasteiger charge is -2.34. The first-order valence-electron chi connectivity index (χ1n) is 32.8. The average molecular weight is 1260 g/mol. The fourth-order valence-electron chi connectivity index (χ4n) is 13.3. The summed E-state index contributed by atoms with van der Waals surface area (Å²) < 4.78 is 8.95. The number of furan rings is 1. The molecule has 0 N–H and O–H groups in total. The van der Waals surface area contributed by atoms with Gasteiger partial charge >= 0.3 is 0 Å². The Balaban J connectivity index is 1.00. The van der Waals surface area contributed by atoms with E-state index in [0.29, 0.717) is 5.02 Å². The van der Waals surface area contributed by atoms with E-state index in [1.807, 2.05) is 17.4 Å². The van der Waals surface area contributed by atoms with Gasteiger partial charge < -0.3 is 19.1 Å². The van der Waals surface area contributed by atoms with Gasteiger partial charge in [0.2, 0.25) is 0 Å². The Morgan fingerprint density at radius 3 is 1.26 bits per heavy atom. The van der Waals surface area contributed by atoms with Gasteiger partial charge in [0, 0.05) is 86.9 Å². The smallest absolute Gasteiger partial charge is 0.136 e. The van der Waals surface area contributed by atoms with Crippen molar-refractivity contribution in [2.24, 2.45) is 0 Å². The van der Waals surface area contributed by atoms with Gasteiger partial charge in [-0.15, -0.1) is 11.3 Å². The Morgan fingerprint density at radius 2 is 0.723 bits per heavy atom. The first-order valence-corrected chi connectivity index (χ1v) is 34.0. The van der Waals surface area contributed by atoms with Crippen LogP contribution in [0.2, 0.25) is 5.02 Å². The van der Waals surface area contributed by atoms with E-state index >= 15 is 0 Å². The fourth-order valence-corrected chi connectivity index (χ4v) is 14.6. The minimum absolute atomic E-state index is 0.00986. The second-order valence-electron chi connectivity index (χ2n) is 29.3. The van der Waals surface area contributed by atoms with E-state index < -0.39 is 0 Å². The summed E-state index contributed by atoms with van der Waals surface area (Å²) in [5, 5.41) is 5.35. The number of para-hydroxylation sites is 1. The van der Waals surface area contributed by atoms with Crippen molar-refractivity contribution in [3.8, 4) is 33.4 Å². The maximum Gasteiger partial charge on any atom is 0.136 e. The summed E-state index contributed by atoms with van der Waals surface area (Å²) in [6.07, 6.45) is 0. The number of fused-ring (bicyclic) bond motifs is 7. The van der Waals surface area contributed by atoms with Crippen molar-refractivity contribution in [2.75, 3.05) is 14.7 Å². The fraction of sp³-hybridized carbons (Fsp3) is 0.182. The lowest BCUT2D eigenvalue weighted by molar-refractivity contribution is 0.590. The van der Waals surface area contributed by atoms with Crippen LogP contribution in [0.1, 0.15) is 105 Å². The molecule has 0 bridgehead atoms. The summed E-state index contributed by atoms with van der Waals surface area (Å²) in [5.41, 5.74) is 22.2. The summed E-state index contributed by atoms with van der Waals surface area (Å²) in [6.45, 7) is 27.4. The van der Waals surface area contributed by atoms with E-state index in [-0.39, 0.29) is 21.7 Å². The SMILES string of the molecule is CC(C)(C)c1ccc(N(c2ccc(C(C)(C)C)cc2)c2cccc(N(c3cc(Cl)cc(N(c4cccc(-c5ccc6sc7ccc8oc9ccccc9c8c7c6c5)c4)c4ccc(C(C)(C)C)cc4-c4ccccc4)c3)c3ccc(C(C)(C)C)cc3-c3ccccc3)c2)cc1. The Bertz CT molecular complexity index is 5070. The van der Waals surface area contributed by atoms with Gasteiger partial charge in [-0.1, -0.05) is 234 Å². The topological polar surface area (TPSA) is 22.9 Å². The number of hydrogen-bond donors (Lipinski definition) is 0. The molecule has 0 saturated heterocycles. The van der Waals surface area contributed by atoms with Crippen LogP contribution in [-0.2, 0) is 21.7 Å². The van der Waals surface area contributed by atoms with Crippen molar-refractivity contribution < 1.29 is 4.42 Å². The first-order chi connectivity index (χ1) is 45.0. The molecule has 0 amide bonds. The maximum absolute atomic E-state index is 7.82. The molecule has 0 fully saturated rings. The number of benzene rings is 12. The summed E-state index contributed by atoms with van der Waals surface area (Å²) >= 11 is 9.66. The van der Waals surface area contributed by atoms with Crippen LogP contribution >= 0.6 is 22.9 Å². The predicted octanol–water partition coefficient (Wildman–Crippen LogP) is 27.2. The van der Waals surface area contributed by atoms with Crippen molar-refractivity contribution in [3.05, 3.63) is 294 Å². The highest BCUT2D eigenvalue weighted by atomic mass is 35.5. The molecule has 94 heavy (non-hydrogen) atoms. The molecule has 14 rings (SSSR count). The van der Waals surface area contributed by atoms with Crippen LogP contribution in [0.15, 0.2) is 271 Å². The number of hydrogen-bond acceptors (Lipinski definition) is 5. The number of nitrogens with zero attached hydrogens (tertiary/aromatic N) is 3. The average Bonchev–Trinajstić information content (AvgIpc) is 1.34. The predicted molar refractivity (Wildman–Crippen MR) is 407 cm³/mol. The highest BCUT2D eigenvalue weighted by Gasteiger charge is 2.28. The van der Waals surface area contributed by atoms with Gasteiger partial charge in [0.25, 0.3) is 0 Å². The molecule has 12 aromatic carbocycles. The quantitative estimate of drug-likeness (QED) is 0.122. The molecule has 0 atom stereocenters. The Morgan fingerprint density at radius 1 is 0.287 bits per heavy atom. The standard InChI is InChI=1S/C88H80ClN3OS/c1-85(2,3)61-34-40-66(41-35-61)90(67-42-36-62(37-43-67)86(4,5)6)69-29-22-30-70(55-69)92(78-45-39-64(88(10,11)12)52-75(78)58-25-17-14-18-26-58)72-54-65(89)53-71(56-72)91(77-44-38-63(87(7,8)9)51-74(77)57-23-15-13-16-24-57)68-28-21-27-59(49-68)60-33-47-81-76(50-60)84-82(94-81)48-46-80-83(84)73-31-19-20-32-79(73)93-80/h13-56H,1-12H3. The molecule has 6 heteroatoms. The summed E-state index contributed by atoms with van der Waals surface area (Å²) in [7, 11) is 0. The van der Waals surface area contributed by atoms with Gasteiger partial charge in [0.05, 0.1) is 11.4 Å². The van der Waals surface area contributed by atoms with Crippen LogP contribution in [-0.4, -0.2) is 0 Å². The van der Waals surface area contributed by atoms with Gasteiger partial charge in [-0.25, -0.2) is 0 Å². The van der Waals surface area contributed by atoms with E-state index in [1.54, 1.807) is 0 Å². The van der Waals surface area contributed by atoms with E-state index in [9.17, 15) is 0 Å². The summed E-state index contributed by atoms with van der Waals surface area (Å²) in [6, 6.07) is 98.3. The van der Waals surface area contributed by atoms with Crippen molar-refractivity contribution in [2.45, 2.75) is 105 Å². The maximum atomic E-state index is 7.82. The number of anilines is 9. The zero-order valence-corrected chi connectivity index (χ0v) is 57.5. The molecular weight excluding hydrogens is 1180 g/mol. The number of halogens is 1. The Kier molecular flexibility index (Phi) is 15.8. The lowest BCUT2D eigenvalue weighted by Crippen LogP contribution is -2.17. The largest absolute Gasteiger partial charge is 0.456 e. The van der Waals surface area contributed by atoms with Crippen molar-refractivity contribution in [1.82, 2.24) is 0 Å². The van der Waals surface area contributed by atoms with Gasteiger partial charge in [0.1, 0.15) is 11.2 Å². The van der Waals surface area contributed by atoms with E-state index in [0.717, 1.165) is 107 Å². The molecule has 2 heterocycles. The molecule has 14 aromatic rings. The second-order valence-corrected chi connectivity index (χ2v) is 30.8. The molecular formula is C88H80ClN3OS. The Hall–Kier alpha value is -9.65. The highest BCUT2D eigenvalue weighted by Crippen LogP contribution is 2.51. The highest BCUT2D eigenvalue weighted by molar-refractivity contribution is 7.26. The molecule has 4 nitrogen and oxygen atoms in total. The normalized spacial score (nSPS) is 12.3. The van der Waals surface area contributed by atoms with Crippen LogP contribution < -0.4 is 14.7 Å². The third-order valence-electron chi connectivity index (χ3n) is 18.5. The van der Waals surface area contributed by atoms with Gasteiger partial charge in [-0.2, -0.15) is 0 Å². The van der Waals surface area contributed by atoms with Crippen molar-refractivity contribution in [3.63, 3.8) is 0 Å². The van der Waals surface area contributed by atoms with Crippen LogP contribution in [0.25, 0.3) is 75.5 Å². The monoisotopic (exact) mass is 1260 g/mol. The first kappa shape index (κ1) is 61.8. The molecule has 0 spiro atoms. The third-order valence-corrected chi connectivity index (χ3v) is 19.9. The van der Waals surface area contributed by atoms with E-state index in [4.69, 9.17) is 16.0 Å². The summed E-state index contributed by atoms with van der Waals surface area (Å²) in [4.78, 5) is 7.24. The number of rotatable bonds is 12. The van der Waals surface area contributed by atoms with Gasteiger partial charge in [0.15, 0.2) is 0 Å². The van der Waals surface area contributed by atoms with E-state index in [1.165, 1.54) is 42.4 Å². The third kappa shape index (κ3) is 12.0. The zero-order chi connectivity index (χ0) is 65.4. The minimum atomic E-state index is -0.125. The van der Waals surface area contributed by atoms with Crippen molar-refractivity contribution in [1.29, 1.82) is 0 Å². The molecule has 0 aliphatic heterocycles. The van der Waals surface area contributed by atoms with Crippen LogP contribution in [0.4, 0.5) is 51.2 Å². The number of thiophene rings is 1. The molecule has 466 valence electrons. The van der Waals surface area contributed by atoms with Crippen LogP contribution in [0.5, 0.6) is 0 Å². The summed E-state index contributed by atoms with van der Waals surface area (Å²) in [5.74, 6) is 0. The second kappa shape index (κ2) is 24.0. The molecule has 0 aliphatic rings. The van der Waals surface area contributed by atoms with Gasteiger partial charge in [-0.05, 0) is 194 Å². The van der Waals surface area contributed by atoms with Gasteiger partial charge in [-0.3, -0.25) is 0 Å². The van der Waals surface area contributed by atoms with E-state index in [2.05, 4.69) is 359 Å². The Labute approximate surface area is 564 Å². The molecule has 0 unspecified atom stereocenters. The molecule has 0 saturated carbocycles.